The minimum absolute atomic E-state index is 0.0896. The summed E-state index contributed by atoms with van der Waals surface area (Å²) in [6.07, 6.45) is 1.49. The molecule has 0 spiro atoms. The van der Waals surface area contributed by atoms with Crippen LogP contribution in [0.15, 0.2) is 18.2 Å². The first-order valence-corrected chi connectivity index (χ1v) is 13.4. The molecule has 134 valence electrons. The van der Waals surface area contributed by atoms with Crippen LogP contribution < -0.4 is 4.74 Å². The van der Waals surface area contributed by atoms with Gasteiger partial charge in [0, 0.05) is 37.6 Å². The number of carbonyl (C=O) groups is 1. The molecule has 1 heterocycles. The molecule has 1 aliphatic rings. The van der Waals surface area contributed by atoms with Crippen LogP contribution in [0.4, 0.5) is 4.79 Å². The van der Waals surface area contributed by atoms with Crippen molar-refractivity contribution in [1.29, 1.82) is 0 Å². The molecule has 0 unspecified atom stereocenters. The van der Waals surface area contributed by atoms with Crippen molar-refractivity contribution in [2.75, 3.05) is 19.7 Å². The third-order valence-electron chi connectivity index (χ3n) is 3.96. The number of benzene rings is 1. The highest BCUT2D eigenvalue weighted by atomic mass is 127. The fraction of sp³-hybridized carbons (Fsp3) is 0.588. The lowest BCUT2D eigenvalue weighted by molar-refractivity contribution is 0.0702. The smallest absolute Gasteiger partial charge is 0.409 e. The van der Waals surface area contributed by atoms with Gasteiger partial charge in [0.1, 0.15) is 11.9 Å². The average molecular weight is 482 g/mol. The summed E-state index contributed by atoms with van der Waals surface area (Å²) in [5, 5.41) is 0.628. The first-order valence-electron chi connectivity index (χ1n) is 8.28. The number of piperidine rings is 1. The standard InChI is InChI=1S/C17H25ClINO3Si/c1-24(2,3)11-10-22-17(21)20-8-6-14(7-9-20)23-16-12-13(19)4-5-15(16)18/h4-5,12,14H,6-11H2,1-3H3. The minimum atomic E-state index is -1.17. The zero-order chi connectivity index (χ0) is 17.7. The minimum Gasteiger partial charge on any atom is -0.489 e. The number of ether oxygens (including phenoxy) is 2. The highest BCUT2D eigenvalue weighted by Gasteiger charge is 2.25. The van der Waals surface area contributed by atoms with E-state index in [9.17, 15) is 4.79 Å². The van der Waals surface area contributed by atoms with Gasteiger partial charge in [-0.15, -0.1) is 0 Å². The summed E-state index contributed by atoms with van der Waals surface area (Å²) in [6.45, 7) is 8.69. The van der Waals surface area contributed by atoms with E-state index in [0.29, 0.717) is 24.7 Å². The van der Waals surface area contributed by atoms with Crippen LogP contribution in [0.25, 0.3) is 0 Å². The number of rotatable bonds is 5. The predicted octanol–water partition coefficient (Wildman–Crippen LogP) is 5.26. The number of amides is 1. The highest BCUT2D eigenvalue weighted by Crippen LogP contribution is 2.29. The molecule has 1 saturated heterocycles. The van der Waals surface area contributed by atoms with E-state index in [1.165, 1.54) is 0 Å². The molecule has 7 heteroatoms. The molecule has 1 aromatic rings. The molecule has 1 amide bonds. The van der Waals surface area contributed by atoms with E-state index in [4.69, 9.17) is 21.1 Å². The number of hydrogen-bond donors (Lipinski definition) is 0. The molecular weight excluding hydrogens is 457 g/mol. The molecule has 0 saturated carbocycles. The maximum absolute atomic E-state index is 12.1. The third kappa shape index (κ3) is 6.44. The Kier molecular flexibility index (Phi) is 7.24. The van der Waals surface area contributed by atoms with Crippen molar-refractivity contribution in [3.63, 3.8) is 0 Å². The van der Waals surface area contributed by atoms with Crippen LogP contribution in [0.5, 0.6) is 5.75 Å². The van der Waals surface area contributed by atoms with Crippen LogP contribution in [0.2, 0.25) is 30.7 Å². The van der Waals surface area contributed by atoms with E-state index >= 15 is 0 Å². The molecule has 4 nitrogen and oxygen atoms in total. The predicted molar refractivity (Wildman–Crippen MR) is 109 cm³/mol. The summed E-state index contributed by atoms with van der Waals surface area (Å²) >= 11 is 8.42. The van der Waals surface area contributed by atoms with E-state index in [1.54, 1.807) is 4.90 Å². The second kappa shape index (κ2) is 8.76. The zero-order valence-electron chi connectivity index (χ0n) is 14.5. The maximum Gasteiger partial charge on any atom is 0.409 e. The molecule has 1 fully saturated rings. The summed E-state index contributed by atoms with van der Waals surface area (Å²) in [4.78, 5) is 13.9. The average Bonchev–Trinajstić information content (AvgIpc) is 2.50. The zero-order valence-corrected chi connectivity index (χ0v) is 18.4. The van der Waals surface area contributed by atoms with Crippen molar-refractivity contribution >= 4 is 48.4 Å². The van der Waals surface area contributed by atoms with Crippen molar-refractivity contribution in [1.82, 2.24) is 4.90 Å². The molecule has 0 atom stereocenters. The number of nitrogens with zero attached hydrogens (tertiary/aromatic N) is 1. The highest BCUT2D eigenvalue weighted by molar-refractivity contribution is 14.1. The van der Waals surface area contributed by atoms with Gasteiger partial charge in [-0.05, 0) is 46.8 Å². The van der Waals surface area contributed by atoms with Gasteiger partial charge < -0.3 is 14.4 Å². The Bertz CT molecular complexity index is 571. The van der Waals surface area contributed by atoms with E-state index in [2.05, 4.69) is 42.2 Å². The van der Waals surface area contributed by atoms with Crippen molar-refractivity contribution < 1.29 is 14.3 Å². The summed E-state index contributed by atoms with van der Waals surface area (Å²) in [5.41, 5.74) is 0. The second-order valence-electron chi connectivity index (χ2n) is 7.30. The first kappa shape index (κ1) is 19.8. The topological polar surface area (TPSA) is 38.8 Å². The van der Waals surface area contributed by atoms with Gasteiger partial charge in [-0.2, -0.15) is 0 Å². The molecule has 1 aromatic carbocycles. The molecule has 0 N–H and O–H groups in total. The first-order chi connectivity index (χ1) is 11.2. The van der Waals surface area contributed by atoms with Crippen LogP contribution in [-0.2, 0) is 4.74 Å². The quantitative estimate of drug-likeness (QED) is 0.425. The monoisotopic (exact) mass is 481 g/mol. The van der Waals surface area contributed by atoms with E-state index in [-0.39, 0.29) is 12.2 Å². The van der Waals surface area contributed by atoms with Gasteiger partial charge >= 0.3 is 6.09 Å². The normalized spacial score (nSPS) is 16.1. The lowest BCUT2D eigenvalue weighted by Gasteiger charge is -2.32. The lowest BCUT2D eigenvalue weighted by Crippen LogP contribution is -2.42. The fourth-order valence-corrected chi connectivity index (χ4v) is 3.78. The Labute approximate surface area is 164 Å². The number of halogens is 2. The Morgan fingerprint density at radius 2 is 2.00 bits per heavy atom. The Morgan fingerprint density at radius 3 is 2.62 bits per heavy atom. The number of likely N-dealkylation sites (tertiary alicyclic amines) is 1. The number of carbonyl (C=O) groups excluding carboxylic acids is 1. The molecule has 0 bridgehead atoms. The molecule has 1 aliphatic heterocycles. The maximum atomic E-state index is 12.1. The third-order valence-corrected chi connectivity index (χ3v) is 6.65. The van der Waals surface area contributed by atoms with Crippen molar-refractivity contribution in [3.8, 4) is 5.75 Å². The summed E-state index contributed by atoms with van der Waals surface area (Å²) < 4.78 is 12.5. The fourth-order valence-electron chi connectivity index (χ4n) is 2.44. The van der Waals surface area contributed by atoms with Crippen molar-refractivity contribution in [2.45, 2.75) is 44.6 Å². The SMILES string of the molecule is C[Si](C)(C)CCOC(=O)N1CCC(Oc2cc(I)ccc2Cl)CC1. The Balaban J connectivity index is 1.76. The summed E-state index contributed by atoms with van der Waals surface area (Å²) in [6, 6.07) is 6.75. The van der Waals surface area contributed by atoms with Gasteiger partial charge in [0.15, 0.2) is 0 Å². The largest absolute Gasteiger partial charge is 0.489 e. The van der Waals surface area contributed by atoms with E-state index in [0.717, 1.165) is 28.2 Å². The Morgan fingerprint density at radius 1 is 1.33 bits per heavy atom. The van der Waals surface area contributed by atoms with Gasteiger partial charge in [-0.1, -0.05) is 31.2 Å². The molecule has 0 aliphatic carbocycles. The second-order valence-corrected chi connectivity index (χ2v) is 14.6. The van der Waals surface area contributed by atoms with Crippen LogP contribution in [-0.4, -0.2) is 44.9 Å². The molecule has 0 radical (unpaired) electrons. The van der Waals surface area contributed by atoms with Crippen LogP contribution in [0.1, 0.15) is 12.8 Å². The molecule has 2 rings (SSSR count). The van der Waals surface area contributed by atoms with E-state index in [1.807, 2.05) is 18.2 Å². The molecule has 24 heavy (non-hydrogen) atoms. The lowest BCUT2D eigenvalue weighted by atomic mass is 10.1. The Hall–Kier alpha value is -0.473. The van der Waals surface area contributed by atoms with Crippen LogP contribution >= 0.6 is 34.2 Å². The molecular formula is C17H25ClINO3Si. The van der Waals surface area contributed by atoms with Gasteiger partial charge in [0.25, 0.3) is 0 Å². The van der Waals surface area contributed by atoms with Gasteiger partial charge in [-0.25, -0.2) is 4.79 Å². The van der Waals surface area contributed by atoms with Gasteiger partial charge in [-0.3, -0.25) is 0 Å². The molecule has 0 aromatic heterocycles. The van der Waals surface area contributed by atoms with Crippen LogP contribution in [0, 0.1) is 3.57 Å². The van der Waals surface area contributed by atoms with Gasteiger partial charge in [0.05, 0.1) is 11.6 Å². The summed E-state index contributed by atoms with van der Waals surface area (Å²) in [5.74, 6) is 0.722. The summed E-state index contributed by atoms with van der Waals surface area (Å²) in [7, 11) is -1.17. The van der Waals surface area contributed by atoms with Crippen LogP contribution in [0.3, 0.4) is 0 Å². The number of hydrogen-bond acceptors (Lipinski definition) is 3. The van der Waals surface area contributed by atoms with Gasteiger partial charge in [0.2, 0.25) is 0 Å². The van der Waals surface area contributed by atoms with Crippen molar-refractivity contribution in [3.05, 3.63) is 26.8 Å². The van der Waals surface area contributed by atoms with E-state index < -0.39 is 8.07 Å². The van der Waals surface area contributed by atoms with Crippen molar-refractivity contribution in [2.24, 2.45) is 0 Å².